The average Bonchev–Trinajstić information content (AvgIpc) is 2.93. The zero-order chi connectivity index (χ0) is 30.7. The number of pyridine rings is 1. The quantitative estimate of drug-likeness (QED) is 0.159. The topological polar surface area (TPSA) is 105 Å². The molecule has 0 amide bonds. The molecule has 0 saturated carbocycles. The Balaban J connectivity index is 0.000000343. The fraction of sp³-hybridized carbons (Fsp3) is 0.107. The molecule has 7 nitrogen and oxygen atoms in total. The molecule has 0 saturated heterocycles. The molecule has 218 valence electrons. The Kier molecular flexibility index (Phi) is 8.50. The van der Waals surface area contributed by atoms with Crippen LogP contribution in [-0.2, 0) is 22.5 Å². The Labute approximate surface area is 235 Å². The molecule has 2 N–H and O–H groups in total. The average molecular weight is 607 g/mol. The molecule has 0 radical (unpaired) electrons. The summed E-state index contributed by atoms with van der Waals surface area (Å²) in [4.78, 5) is 11.4. The Morgan fingerprint density at radius 3 is 2.02 bits per heavy atom. The van der Waals surface area contributed by atoms with Crippen LogP contribution in [0.2, 0.25) is 0 Å². The molecule has 2 heterocycles. The summed E-state index contributed by atoms with van der Waals surface area (Å²) in [7, 11) is -4.00. The van der Waals surface area contributed by atoms with E-state index in [4.69, 9.17) is 4.55 Å². The molecule has 0 atom stereocenters. The number of benzene rings is 3. The summed E-state index contributed by atoms with van der Waals surface area (Å²) < 4.78 is 108. The van der Waals surface area contributed by atoms with Crippen molar-refractivity contribution in [2.24, 2.45) is 0 Å². The minimum absolute atomic E-state index is 0.0364. The highest BCUT2D eigenvalue weighted by Gasteiger charge is 2.36. The van der Waals surface area contributed by atoms with Gasteiger partial charge in [-0.15, -0.1) is 0 Å². The van der Waals surface area contributed by atoms with Crippen LogP contribution in [0.15, 0.2) is 96.0 Å². The molecular weight excluding hydrogens is 586 g/mol. The summed E-state index contributed by atoms with van der Waals surface area (Å²) in [5.41, 5.74) is 0.593. The van der Waals surface area contributed by atoms with E-state index in [-0.39, 0.29) is 22.1 Å². The Morgan fingerprint density at radius 2 is 1.45 bits per heavy atom. The fourth-order valence-electron chi connectivity index (χ4n) is 3.73. The maximum atomic E-state index is 13.5. The minimum atomic E-state index is -4.83. The van der Waals surface area contributed by atoms with Crippen LogP contribution in [0.1, 0.15) is 17.0 Å². The summed E-state index contributed by atoms with van der Waals surface area (Å²) in [6.07, 6.45) is -7.78. The zero-order valence-electron chi connectivity index (χ0n) is 21.4. The molecule has 0 spiro atoms. The molecule has 2 aromatic heterocycles. The molecule has 0 aliphatic carbocycles. The van der Waals surface area contributed by atoms with Crippen LogP contribution >= 0.6 is 0 Å². The molecule has 5 rings (SSSR count). The smallest absolute Gasteiger partial charge is 0.340 e. The second-order valence-corrected chi connectivity index (χ2v) is 10.2. The van der Waals surface area contributed by atoms with Crippen LogP contribution in [0, 0.1) is 6.92 Å². The lowest BCUT2D eigenvalue weighted by Gasteiger charge is -2.16. The van der Waals surface area contributed by atoms with Crippen molar-refractivity contribution in [2.45, 2.75) is 24.2 Å². The number of hydrogen-bond donors (Lipinski definition) is 2. The van der Waals surface area contributed by atoms with E-state index in [0.717, 1.165) is 29.7 Å². The third kappa shape index (κ3) is 7.39. The summed E-state index contributed by atoms with van der Waals surface area (Å²) >= 11 is 0. The third-order valence-corrected chi connectivity index (χ3v) is 6.66. The first-order valence-electron chi connectivity index (χ1n) is 11.9. The van der Waals surface area contributed by atoms with Crippen molar-refractivity contribution in [3.8, 4) is 11.3 Å². The normalized spacial score (nSPS) is 12.0. The summed E-state index contributed by atoms with van der Waals surface area (Å²) in [6, 6.07) is 19.9. The standard InChI is InChI=1S/C22H14F6N4.C6H6O3S/c1-12-18(14-5-4-13-3-2-10-29-17(13)11-14)31-20(22(26,27)28)32-19(12)30-16-8-6-15(7-9-16)21(23,24)25;7-10(8,9)6-4-2-1-3-5-6/h2-11H,1H3,(H,30,31,32);1-5H,(H,7,8,9). The van der Waals surface area contributed by atoms with Crippen LogP contribution in [0.25, 0.3) is 22.2 Å². The second kappa shape index (κ2) is 11.7. The van der Waals surface area contributed by atoms with E-state index in [1.165, 1.54) is 19.1 Å². The van der Waals surface area contributed by atoms with Gasteiger partial charge in [-0.2, -0.15) is 34.8 Å². The Hall–Kier alpha value is -4.56. The zero-order valence-corrected chi connectivity index (χ0v) is 22.3. The van der Waals surface area contributed by atoms with E-state index in [1.807, 2.05) is 6.07 Å². The van der Waals surface area contributed by atoms with Crippen molar-refractivity contribution in [3.63, 3.8) is 0 Å². The van der Waals surface area contributed by atoms with Gasteiger partial charge in [-0.3, -0.25) is 9.54 Å². The van der Waals surface area contributed by atoms with Gasteiger partial charge in [0.15, 0.2) is 0 Å². The van der Waals surface area contributed by atoms with Gasteiger partial charge in [0.1, 0.15) is 5.82 Å². The first kappa shape index (κ1) is 30.4. The fourth-order valence-corrected chi connectivity index (χ4v) is 4.23. The monoisotopic (exact) mass is 606 g/mol. The molecule has 14 heteroatoms. The van der Waals surface area contributed by atoms with Gasteiger partial charge in [-0.25, -0.2) is 9.97 Å². The second-order valence-electron chi connectivity index (χ2n) is 8.77. The van der Waals surface area contributed by atoms with Gasteiger partial charge >= 0.3 is 12.4 Å². The summed E-state index contributed by atoms with van der Waals surface area (Å²) in [6.45, 7) is 1.53. The highest BCUT2D eigenvalue weighted by atomic mass is 32.2. The van der Waals surface area contributed by atoms with Crippen molar-refractivity contribution in [1.29, 1.82) is 0 Å². The molecular formula is C28H20F6N4O3S. The molecule has 0 aliphatic heterocycles. The predicted octanol–water partition coefficient (Wildman–Crippen LogP) is 7.71. The molecule has 0 bridgehead atoms. The number of nitrogens with zero attached hydrogens (tertiary/aromatic N) is 3. The van der Waals surface area contributed by atoms with Crippen LogP contribution in [0.4, 0.5) is 37.8 Å². The number of aromatic nitrogens is 3. The van der Waals surface area contributed by atoms with Crippen molar-refractivity contribution in [3.05, 3.63) is 108 Å². The van der Waals surface area contributed by atoms with Crippen molar-refractivity contribution in [2.75, 3.05) is 5.32 Å². The molecule has 0 fully saturated rings. The van der Waals surface area contributed by atoms with Crippen LogP contribution < -0.4 is 5.32 Å². The van der Waals surface area contributed by atoms with Gasteiger partial charge in [0.2, 0.25) is 5.82 Å². The molecule has 42 heavy (non-hydrogen) atoms. The van der Waals surface area contributed by atoms with Crippen molar-refractivity contribution < 1.29 is 39.3 Å². The predicted molar refractivity (Wildman–Crippen MR) is 143 cm³/mol. The van der Waals surface area contributed by atoms with E-state index < -0.39 is 33.9 Å². The maximum Gasteiger partial charge on any atom is 0.451 e. The molecule has 3 aromatic carbocycles. The number of fused-ring (bicyclic) bond motifs is 1. The number of rotatable bonds is 4. The molecule has 0 unspecified atom stereocenters. The largest absolute Gasteiger partial charge is 0.451 e. The first-order valence-corrected chi connectivity index (χ1v) is 13.3. The number of hydrogen-bond acceptors (Lipinski definition) is 6. The van der Waals surface area contributed by atoms with E-state index >= 15 is 0 Å². The van der Waals surface area contributed by atoms with E-state index in [9.17, 15) is 34.8 Å². The summed E-state index contributed by atoms with van der Waals surface area (Å²) in [5.74, 6) is -1.53. The van der Waals surface area contributed by atoms with Crippen LogP contribution in [0.5, 0.6) is 0 Å². The lowest BCUT2D eigenvalue weighted by atomic mass is 10.0. The number of halogens is 6. The SMILES string of the molecule is Cc1c(Nc2ccc(C(F)(F)F)cc2)nc(C(F)(F)F)nc1-c1ccc2cccnc2c1.O=S(=O)(O)c1ccccc1. The van der Waals surface area contributed by atoms with Gasteiger partial charge in [-0.05, 0) is 55.5 Å². The van der Waals surface area contributed by atoms with Gasteiger partial charge in [-0.1, -0.05) is 36.4 Å². The van der Waals surface area contributed by atoms with Gasteiger partial charge in [0.25, 0.3) is 10.1 Å². The highest BCUT2D eigenvalue weighted by molar-refractivity contribution is 7.85. The third-order valence-electron chi connectivity index (χ3n) is 5.79. The molecule has 0 aliphatic rings. The number of anilines is 2. The van der Waals surface area contributed by atoms with Gasteiger partial charge in [0, 0.05) is 28.4 Å². The maximum absolute atomic E-state index is 13.5. The number of alkyl halides is 6. The van der Waals surface area contributed by atoms with E-state index in [2.05, 4.69) is 20.3 Å². The highest BCUT2D eigenvalue weighted by Crippen LogP contribution is 2.35. The van der Waals surface area contributed by atoms with E-state index in [1.54, 1.807) is 48.7 Å². The van der Waals surface area contributed by atoms with Crippen molar-refractivity contribution >= 4 is 32.5 Å². The van der Waals surface area contributed by atoms with E-state index in [0.29, 0.717) is 16.6 Å². The Morgan fingerprint density at radius 1 is 0.786 bits per heavy atom. The minimum Gasteiger partial charge on any atom is -0.340 e. The number of nitrogens with one attached hydrogen (secondary N) is 1. The first-order chi connectivity index (χ1) is 19.6. The van der Waals surface area contributed by atoms with Crippen molar-refractivity contribution in [1.82, 2.24) is 15.0 Å². The lowest BCUT2D eigenvalue weighted by Crippen LogP contribution is -2.14. The summed E-state index contributed by atoms with van der Waals surface area (Å²) in [5, 5.41) is 3.48. The van der Waals surface area contributed by atoms with Gasteiger partial charge in [0.05, 0.1) is 21.7 Å². The lowest BCUT2D eigenvalue weighted by molar-refractivity contribution is -0.144. The van der Waals surface area contributed by atoms with Crippen LogP contribution in [0.3, 0.4) is 0 Å². The Bertz CT molecular complexity index is 1810. The molecule has 5 aromatic rings. The van der Waals surface area contributed by atoms with Gasteiger partial charge < -0.3 is 5.32 Å². The van der Waals surface area contributed by atoms with Crippen LogP contribution in [-0.4, -0.2) is 27.9 Å².